The van der Waals surface area contributed by atoms with Crippen molar-refractivity contribution in [2.75, 3.05) is 0 Å². The molecule has 3 heteroatoms. The zero-order valence-corrected chi connectivity index (χ0v) is 13.1. The second-order valence-electron chi connectivity index (χ2n) is 6.75. The molecule has 1 N–H and O–H groups in total. The average Bonchev–Trinajstić information content (AvgIpc) is 2.47. The number of carbonyl (C=O) groups excluding carboxylic acids is 1. The van der Waals surface area contributed by atoms with Crippen molar-refractivity contribution < 1.29 is 14.6 Å². The lowest BCUT2D eigenvalue weighted by Gasteiger charge is -2.46. The Morgan fingerprint density at radius 1 is 1.05 bits per heavy atom. The van der Waals surface area contributed by atoms with E-state index in [1.165, 1.54) is 0 Å². The molecule has 0 spiro atoms. The number of benzene rings is 2. The molecule has 1 aliphatic rings. The van der Waals surface area contributed by atoms with Crippen molar-refractivity contribution in [2.45, 2.75) is 32.8 Å². The molecule has 114 valence electrons. The van der Waals surface area contributed by atoms with Gasteiger partial charge in [-0.3, -0.25) is 4.79 Å². The summed E-state index contributed by atoms with van der Waals surface area (Å²) in [5.74, 6) is 0.667. The van der Waals surface area contributed by atoms with Gasteiger partial charge in [0.2, 0.25) is 0 Å². The van der Waals surface area contributed by atoms with Crippen LogP contribution in [-0.2, 0) is 16.8 Å². The minimum atomic E-state index is -1.05. The van der Waals surface area contributed by atoms with Crippen LogP contribution in [0.4, 0.5) is 0 Å². The Kier molecular flexibility index (Phi) is 3.24. The molecule has 22 heavy (non-hydrogen) atoms. The molecule has 0 saturated carbocycles. The Morgan fingerprint density at radius 3 is 2.36 bits per heavy atom. The Balaban J connectivity index is 2.23. The zero-order chi connectivity index (χ0) is 16.0. The topological polar surface area (TPSA) is 46.5 Å². The number of hydrogen-bond acceptors (Lipinski definition) is 3. The van der Waals surface area contributed by atoms with Crippen molar-refractivity contribution in [1.29, 1.82) is 0 Å². The van der Waals surface area contributed by atoms with Crippen molar-refractivity contribution in [3.05, 3.63) is 59.7 Å². The first-order valence-electron chi connectivity index (χ1n) is 7.45. The highest BCUT2D eigenvalue weighted by Crippen LogP contribution is 2.49. The second kappa shape index (κ2) is 4.87. The molecule has 1 heterocycles. The van der Waals surface area contributed by atoms with Crippen LogP contribution < -0.4 is 4.74 Å². The largest absolute Gasteiger partial charge is 0.508 e. The van der Waals surface area contributed by atoms with Gasteiger partial charge in [0.05, 0.1) is 0 Å². The summed E-state index contributed by atoms with van der Waals surface area (Å²) >= 11 is 0. The van der Waals surface area contributed by atoms with E-state index in [0.717, 1.165) is 5.56 Å². The monoisotopic (exact) mass is 296 g/mol. The molecule has 0 bridgehead atoms. The molecule has 1 aliphatic heterocycles. The molecule has 0 amide bonds. The molecule has 3 nitrogen and oxygen atoms in total. The maximum atomic E-state index is 13.0. The van der Waals surface area contributed by atoms with E-state index in [-0.39, 0.29) is 18.0 Å². The summed E-state index contributed by atoms with van der Waals surface area (Å²) < 4.78 is 6.25. The van der Waals surface area contributed by atoms with Gasteiger partial charge in [-0.25, -0.2) is 0 Å². The first kappa shape index (κ1) is 14.6. The SMILES string of the molecule is CC(C)(C)C1(c2ccccc2)Oc2cccc(O)c2CC1=O. The van der Waals surface area contributed by atoms with E-state index in [1.54, 1.807) is 12.1 Å². The van der Waals surface area contributed by atoms with Crippen molar-refractivity contribution in [2.24, 2.45) is 5.41 Å². The van der Waals surface area contributed by atoms with Crippen LogP contribution in [0.1, 0.15) is 31.9 Å². The van der Waals surface area contributed by atoms with Crippen LogP contribution in [0.15, 0.2) is 48.5 Å². The first-order chi connectivity index (χ1) is 10.4. The third-order valence-electron chi connectivity index (χ3n) is 4.34. The zero-order valence-electron chi connectivity index (χ0n) is 13.1. The summed E-state index contributed by atoms with van der Waals surface area (Å²) in [6.45, 7) is 6.02. The Labute approximate surface area is 130 Å². The number of carbonyl (C=O) groups is 1. The minimum absolute atomic E-state index is 0.0276. The number of hydrogen-bond donors (Lipinski definition) is 1. The predicted molar refractivity (Wildman–Crippen MR) is 85.0 cm³/mol. The van der Waals surface area contributed by atoms with E-state index in [0.29, 0.717) is 11.3 Å². The van der Waals surface area contributed by atoms with Gasteiger partial charge in [0.25, 0.3) is 0 Å². The van der Waals surface area contributed by atoms with Crippen LogP contribution in [0.3, 0.4) is 0 Å². The molecule has 1 unspecified atom stereocenters. The molecule has 2 aromatic rings. The smallest absolute Gasteiger partial charge is 0.197 e. The lowest BCUT2D eigenvalue weighted by atomic mass is 9.67. The fraction of sp³-hybridized carbons (Fsp3) is 0.316. The van der Waals surface area contributed by atoms with Gasteiger partial charge in [0, 0.05) is 23.0 Å². The summed E-state index contributed by atoms with van der Waals surface area (Å²) in [7, 11) is 0. The summed E-state index contributed by atoms with van der Waals surface area (Å²) in [5.41, 5.74) is -0.0475. The molecular formula is C19H20O3. The Bertz CT molecular complexity index is 713. The van der Waals surface area contributed by atoms with Crippen LogP contribution in [0, 0.1) is 5.41 Å². The highest BCUT2D eigenvalue weighted by molar-refractivity contribution is 5.94. The van der Waals surface area contributed by atoms with Crippen LogP contribution >= 0.6 is 0 Å². The standard InChI is InChI=1S/C19H20O3/c1-18(2,3)19(13-8-5-4-6-9-13)17(21)12-14-15(20)10-7-11-16(14)22-19/h4-11,20H,12H2,1-3H3. The molecule has 0 saturated heterocycles. The predicted octanol–water partition coefficient (Wildman–Crippen LogP) is 3.84. The lowest BCUT2D eigenvalue weighted by molar-refractivity contribution is -0.148. The summed E-state index contributed by atoms with van der Waals surface area (Å²) in [5, 5.41) is 9.99. The Morgan fingerprint density at radius 2 is 1.73 bits per heavy atom. The normalized spacial score (nSPS) is 21.1. The van der Waals surface area contributed by atoms with Crippen molar-refractivity contribution in [1.82, 2.24) is 0 Å². The number of ether oxygens (including phenoxy) is 1. The molecule has 2 aromatic carbocycles. The quantitative estimate of drug-likeness (QED) is 0.869. The Hall–Kier alpha value is -2.29. The van der Waals surface area contributed by atoms with Gasteiger partial charge in [0.15, 0.2) is 11.4 Å². The highest BCUT2D eigenvalue weighted by Gasteiger charge is 2.54. The number of phenolic OH excluding ortho intramolecular Hbond substituents is 1. The fourth-order valence-corrected chi connectivity index (χ4v) is 3.23. The van der Waals surface area contributed by atoms with E-state index in [1.807, 2.05) is 57.2 Å². The van der Waals surface area contributed by atoms with Gasteiger partial charge < -0.3 is 9.84 Å². The van der Waals surface area contributed by atoms with Crippen LogP contribution in [0.5, 0.6) is 11.5 Å². The maximum Gasteiger partial charge on any atom is 0.197 e. The van der Waals surface area contributed by atoms with Crippen molar-refractivity contribution in [3.63, 3.8) is 0 Å². The van der Waals surface area contributed by atoms with Crippen LogP contribution in [0.25, 0.3) is 0 Å². The van der Waals surface area contributed by atoms with Crippen molar-refractivity contribution >= 4 is 5.78 Å². The summed E-state index contributed by atoms with van der Waals surface area (Å²) in [6.07, 6.45) is 0.175. The van der Waals surface area contributed by atoms with Crippen LogP contribution in [-0.4, -0.2) is 10.9 Å². The summed E-state index contributed by atoms with van der Waals surface area (Å²) in [4.78, 5) is 13.0. The second-order valence-corrected chi connectivity index (χ2v) is 6.75. The molecule has 0 fully saturated rings. The van der Waals surface area contributed by atoms with E-state index < -0.39 is 11.0 Å². The average molecular weight is 296 g/mol. The number of ketones is 1. The van der Waals surface area contributed by atoms with Gasteiger partial charge in [-0.15, -0.1) is 0 Å². The highest BCUT2D eigenvalue weighted by atomic mass is 16.5. The van der Waals surface area contributed by atoms with Gasteiger partial charge in [0.1, 0.15) is 11.5 Å². The number of phenols is 1. The summed E-state index contributed by atoms with van der Waals surface area (Å²) in [6, 6.07) is 14.7. The fourth-order valence-electron chi connectivity index (χ4n) is 3.23. The molecule has 0 aromatic heterocycles. The van der Waals surface area contributed by atoms with Gasteiger partial charge in [-0.05, 0) is 12.1 Å². The molecule has 1 atom stereocenters. The van der Waals surface area contributed by atoms with Gasteiger partial charge in [-0.2, -0.15) is 0 Å². The minimum Gasteiger partial charge on any atom is -0.508 e. The number of rotatable bonds is 1. The number of Topliss-reactive ketones (excluding diaryl/α,β-unsaturated/α-hetero) is 1. The molecule has 0 aliphatic carbocycles. The van der Waals surface area contributed by atoms with Gasteiger partial charge in [-0.1, -0.05) is 57.2 Å². The molecular weight excluding hydrogens is 276 g/mol. The third-order valence-corrected chi connectivity index (χ3v) is 4.34. The van der Waals surface area contributed by atoms with E-state index in [2.05, 4.69) is 0 Å². The van der Waals surface area contributed by atoms with E-state index >= 15 is 0 Å². The van der Waals surface area contributed by atoms with E-state index in [9.17, 15) is 9.90 Å². The van der Waals surface area contributed by atoms with Gasteiger partial charge >= 0.3 is 0 Å². The van der Waals surface area contributed by atoms with Crippen molar-refractivity contribution in [3.8, 4) is 11.5 Å². The number of aromatic hydroxyl groups is 1. The number of fused-ring (bicyclic) bond motifs is 1. The third kappa shape index (κ3) is 2.00. The van der Waals surface area contributed by atoms with Crippen LogP contribution in [0.2, 0.25) is 0 Å². The molecule has 3 rings (SSSR count). The van der Waals surface area contributed by atoms with E-state index in [4.69, 9.17) is 4.74 Å². The lowest BCUT2D eigenvalue weighted by Crippen LogP contribution is -2.54. The first-order valence-corrected chi connectivity index (χ1v) is 7.45. The molecule has 0 radical (unpaired) electrons. The maximum absolute atomic E-state index is 13.0.